The van der Waals surface area contributed by atoms with Crippen molar-refractivity contribution >= 4 is 34.0 Å². The summed E-state index contributed by atoms with van der Waals surface area (Å²) in [6, 6.07) is 1.85. The fraction of sp³-hybridized carbons (Fsp3) is 0.448. The SMILES string of the molecule is CC#C/C(=C/CC)C1=C(C)N(C(=O)c2ncc(Nc3s[nH]c(=O)c3C(N)=NCCC3CCOC3)cc2C)CC1. The maximum Gasteiger partial charge on any atom is 0.276 e. The third-order valence-corrected chi connectivity index (χ3v) is 7.80. The lowest BCUT2D eigenvalue weighted by atomic mass is 10.0. The van der Waals surface area contributed by atoms with Crippen LogP contribution in [0.4, 0.5) is 10.7 Å². The van der Waals surface area contributed by atoms with E-state index in [0.29, 0.717) is 41.0 Å². The minimum Gasteiger partial charge on any atom is -0.383 e. The Hall–Kier alpha value is -3.68. The summed E-state index contributed by atoms with van der Waals surface area (Å²) in [6.07, 6.45) is 7.27. The number of aryl methyl sites for hydroxylation is 1. The van der Waals surface area contributed by atoms with Crippen LogP contribution in [0.1, 0.15) is 68.1 Å². The van der Waals surface area contributed by atoms with E-state index >= 15 is 0 Å². The van der Waals surface area contributed by atoms with Gasteiger partial charge < -0.3 is 20.7 Å². The Bertz CT molecular complexity index is 1430. The van der Waals surface area contributed by atoms with Crippen LogP contribution in [0.3, 0.4) is 0 Å². The molecule has 4 rings (SSSR count). The van der Waals surface area contributed by atoms with Crippen molar-refractivity contribution in [3.05, 3.63) is 62.4 Å². The summed E-state index contributed by atoms with van der Waals surface area (Å²) in [5, 5.41) is 3.78. The number of anilines is 2. The first-order valence-corrected chi connectivity index (χ1v) is 14.1. The highest BCUT2D eigenvalue weighted by Gasteiger charge is 2.28. The molecule has 0 bridgehead atoms. The van der Waals surface area contributed by atoms with Gasteiger partial charge in [-0.2, -0.15) is 0 Å². The number of hydrogen-bond acceptors (Lipinski definition) is 7. The Morgan fingerprint density at radius 2 is 2.26 bits per heavy atom. The molecule has 4 N–H and O–H groups in total. The number of amidine groups is 1. The first kappa shape index (κ1) is 28.3. The summed E-state index contributed by atoms with van der Waals surface area (Å²) < 4.78 is 8.14. The van der Waals surface area contributed by atoms with Gasteiger partial charge in [-0.3, -0.25) is 19.0 Å². The van der Waals surface area contributed by atoms with Crippen LogP contribution in [0.2, 0.25) is 0 Å². The quantitative estimate of drug-likeness (QED) is 0.241. The number of rotatable bonds is 9. The number of amides is 1. The summed E-state index contributed by atoms with van der Waals surface area (Å²) >= 11 is 1.15. The molecule has 2 aliphatic heterocycles. The lowest BCUT2D eigenvalue weighted by molar-refractivity contribution is 0.0813. The summed E-state index contributed by atoms with van der Waals surface area (Å²) in [4.78, 5) is 36.7. The molecule has 206 valence electrons. The van der Waals surface area contributed by atoms with Crippen LogP contribution in [-0.2, 0) is 4.74 Å². The Kier molecular flexibility index (Phi) is 9.38. The number of nitrogens with one attached hydrogen (secondary N) is 2. The number of aliphatic imine (C=N–C) groups is 1. The number of nitrogens with zero attached hydrogens (tertiary/aromatic N) is 3. The van der Waals surface area contributed by atoms with Crippen molar-refractivity contribution in [2.75, 3.05) is 31.6 Å². The molecule has 1 atom stereocenters. The van der Waals surface area contributed by atoms with E-state index in [-0.39, 0.29) is 17.3 Å². The molecule has 39 heavy (non-hydrogen) atoms. The largest absolute Gasteiger partial charge is 0.383 e. The van der Waals surface area contributed by atoms with Crippen molar-refractivity contribution in [1.82, 2.24) is 14.3 Å². The Morgan fingerprint density at radius 3 is 2.95 bits per heavy atom. The summed E-state index contributed by atoms with van der Waals surface area (Å²) in [5.41, 5.74) is 11.0. The van der Waals surface area contributed by atoms with E-state index in [1.54, 1.807) is 11.1 Å². The van der Waals surface area contributed by atoms with Crippen LogP contribution in [0.5, 0.6) is 0 Å². The van der Waals surface area contributed by atoms with Gasteiger partial charge in [0.15, 0.2) is 0 Å². The Labute approximate surface area is 233 Å². The average molecular weight is 549 g/mol. The number of H-pyrrole nitrogens is 1. The second-order valence-corrected chi connectivity index (χ2v) is 10.5. The van der Waals surface area contributed by atoms with Crippen LogP contribution in [0.15, 0.2) is 45.0 Å². The van der Waals surface area contributed by atoms with E-state index in [2.05, 4.69) is 44.5 Å². The fourth-order valence-electron chi connectivity index (χ4n) is 4.91. The zero-order valence-electron chi connectivity index (χ0n) is 23.0. The zero-order valence-corrected chi connectivity index (χ0v) is 23.8. The molecule has 2 aliphatic rings. The van der Waals surface area contributed by atoms with E-state index in [1.807, 2.05) is 26.8 Å². The van der Waals surface area contributed by atoms with Crippen molar-refractivity contribution in [2.24, 2.45) is 16.6 Å². The van der Waals surface area contributed by atoms with E-state index in [4.69, 9.17) is 10.5 Å². The Morgan fingerprint density at radius 1 is 1.44 bits per heavy atom. The molecule has 2 aromatic heterocycles. The average Bonchev–Trinajstić information content (AvgIpc) is 3.64. The predicted molar refractivity (Wildman–Crippen MR) is 157 cm³/mol. The molecule has 1 saturated heterocycles. The van der Waals surface area contributed by atoms with Gasteiger partial charge in [0.05, 0.1) is 11.9 Å². The lowest BCUT2D eigenvalue weighted by Crippen LogP contribution is -2.28. The van der Waals surface area contributed by atoms with Crippen LogP contribution in [0.25, 0.3) is 0 Å². The number of aromatic nitrogens is 2. The van der Waals surface area contributed by atoms with Gasteiger partial charge in [-0.15, -0.1) is 5.92 Å². The summed E-state index contributed by atoms with van der Waals surface area (Å²) in [5.74, 6) is 6.71. The lowest BCUT2D eigenvalue weighted by Gasteiger charge is -2.19. The topological polar surface area (TPSA) is 126 Å². The van der Waals surface area contributed by atoms with Gasteiger partial charge >= 0.3 is 0 Å². The van der Waals surface area contributed by atoms with E-state index in [0.717, 1.165) is 72.8 Å². The maximum absolute atomic E-state index is 13.4. The standard InChI is InChI=1S/C29H36N6O3S/c1-5-7-21(8-6-2)23-10-13-35(19(23)4)29(37)25-18(3)15-22(16-32-25)33-28-24(27(36)34-39-28)26(30)31-12-9-20-11-14-38-17-20/h7,15-16,20,33H,5,9-14,17H2,1-4H3,(H2,30,31)(H,34,36)/b21-7-. The van der Waals surface area contributed by atoms with E-state index < -0.39 is 0 Å². The number of aromatic amines is 1. The molecular weight excluding hydrogens is 512 g/mol. The molecule has 1 unspecified atom stereocenters. The second kappa shape index (κ2) is 12.9. The number of carbonyl (C=O) groups excluding carboxylic acids is 1. The molecule has 9 nitrogen and oxygen atoms in total. The van der Waals surface area contributed by atoms with Gasteiger partial charge in [0.1, 0.15) is 22.1 Å². The first-order chi connectivity index (χ1) is 18.8. The highest BCUT2D eigenvalue weighted by molar-refractivity contribution is 7.10. The number of carbonyl (C=O) groups is 1. The molecule has 0 aromatic carbocycles. The second-order valence-electron chi connectivity index (χ2n) is 9.71. The van der Waals surface area contributed by atoms with Crippen molar-refractivity contribution in [1.29, 1.82) is 0 Å². The monoisotopic (exact) mass is 548 g/mol. The molecule has 0 aliphatic carbocycles. The highest BCUT2D eigenvalue weighted by atomic mass is 32.1. The van der Waals surface area contributed by atoms with E-state index in [1.165, 1.54) is 0 Å². The first-order valence-electron chi connectivity index (χ1n) is 13.3. The number of hydrogen-bond donors (Lipinski definition) is 3. The third-order valence-electron chi connectivity index (χ3n) is 7.00. The van der Waals surface area contributed by atoms with Crippen molar-refractivity contribution in [3.8, 4) is 11.8 Å². The number of nitrogens with two attached hydrogens (primary N) is 1. The number of ether oxygens (including phenoxy) is 1. The molecule has 0 spiro atoms. The van der Waals surface area contributed by atoms with Gasteiger partial charge in [-0.05, 0) is 81.1 Å². The molecular formula is C29H36N6O3S. The van der Waals surface area contributed by atoms with Gasteiger partial charge in [-0.25, -0.2) is 4.98 Å². The van der Waals surface area contributed by atoms with E-state index in [9.17, 15) is 9.59 Å². The van der Waals surface area contributed by atoms with Crippen LogP contribution in [0, 0.1) is 24.7 Å². The zero-order chi connectivity index (χ0) is 27.9. The minimum absolute atomic E-state index is 0.136. The van der Waals surface area contributed by atoms with Crippen molar-refractivity contribution in [3.63, 3.8) is 0 Å². The van der Waals surface area contributed by atoms with Crippen LogP contribution < -0.4 is 16.6 Å². The van der Waals surface area contributed by atoms with Crippen LogP contribution >= 0.6 is 11.5 Å². The molecule has 1 amide bonds. The predicted octanol–water partition coefficient (Wildman–Crippen LogP) is 4.49. The smallest absolute Gasteiger partial charge is 0.276 e. The summed E-state index contributed by atoms with van der Waals surface area (Å²) in [7, 11) is 0. The molecule has 1 fully saturated rings. The number of allylic oxidation sites excluding steroid dienone is 3. The molecule has 4 heterocycles. The molecule has 2 aromatic rings. The minimum atomic E-state index is -0.291. The molecule has 0 saturated carbocycles. The normalized spacial score (nSPS) is 17.9. The van der Waals surface area contributed by atoms with Crippen LogP contribution in [-0.4, -0.2) is 52.3 Å². The maximum atomic E-state index is 13.4. The van der Waals surface area contributed by atoms with Gasteiger partial charge in [0.2, 0.25) is 0 Å². The Balaban J connectivity index is 1.49. The molecule has 10 heteroatoms. The molecule has 0 radical (unpaired) electrons. The fourth-order valence-corrected chi connectivity index (χ4v) is 5.68. The van der Waals surface area contributed by atoms with Gasteiger partial charge in [0, 0.05) is 37.6 Å². The summed E-state index contributed by atoms with van der Waals surface area (Å²) in [6.45, 7) is 10.4. The third kappa shape index (κ3) is 6.49. The van der Waals surface area contributed by atoms with Gasteiger partial charge in [-0.1, -0.05) is 18.9 Å². The number of pyridine rings is 1. The van der Waals surface area contributed by atoms with Gasteiger partial charge in [0.25, 0.3) is 11.5 Å². The highest BCUT2D eigenvalue weighted by Crippen LogP contribution is 2.31. The van der Waals surface area contributed by atoms with Crippen molar-refractivity contribution < 1.29 is 9.53 Å². The van der Waals surface area contributed by atoms with Crippen molar-refractivity contribution in [2.45, 2.75) is 53.4 Å².